The summed E-state index contributed by atoms with van der Waals surface area (Å²) in [6.45, 7) is 6.33. The molecular formula is C16H19F3N2O2. The Morgan fingerprint density at radius 3 is 2.52 bits per heavy atom. The molecular weight excluding hydrogens is 309 g/mol. The summed E-state index contributed by atoms with van der Waals surface area (Å²) in [5.74, 6) is -4.97. The van der Waals surface area contributed by atoms with E-state index in [-0.39, 0.29) is 12.1 Å². The van der Waals surface area contributed by atoms with Gasteiger partial charge in [0.1, 0.15) is 5.54 Å². The molecule has 126 valence electrons. The van der Waals surface area contributed by atoms with Crippen LogP contribution < -0.4 is 5.32 Å². The molecule has 1 aromatic rings. The highest BCUT2D eigenvalue weighted by molar-refractivity contribution is 5.82. The maximum absolute atomic E-state index is 13.5. The first kappa shape index (κ1) is 17.5. The van der Waals surface area contributed by atoms with Crippen molar-refractivity contribution in [1.29, 1.82) is 0 Å². The van der Waals surface area contributed by atoms with Crippen LogP contribution in [0.25, 0.3) is 0 Å². The average Bonchev–Trinajstić information content (AvgIpc) is 3.23. The normalized spacial score (nSPS) is 24.3. The number of halogens is 3. The molecule has 0 aromatic heterocycles. The predicted molar refractivity (Wildman–Crippen MR) is 79.5 cm³/mol. The zero-order chi connectivity index (χ0) is 17.2. The molecule has 7 heteroatoms. The number of carboxylic acids is 1. The fraction of sp³-hybridized carbons (Fsp3) is 0.438. The van der Waals surface area contributed by atoms with E-state index < -0.39 is 35.0 Å². The zero-order valence-corrected chi connectivity index (χ0v) is 12.8. The average molecular weight is 328 g/mol. The number of aliphatic carboxylic acids is 1. The minimum atomic E-state index is -1.52. The van der Waals surface area contributed by atoms with E-state index in [1.165, 1.54) is 0 Å². The largest absolute Gasteiger partial charge is 0.480 e. The van der Waals surface area contributed by atoms with E-state index >= 15 is 0 Å². The number of benzene rings is 1. The lowest BCUT2D eigenvalue weighted by Crippen LogP contribution is -2.34. The molecule has 1 aliphatic rings. The molecule has 23 heavy (non-hydrogen) atoms. The molecule has 1 aliphatic heterocycles. The van der Waals surface area contributed by atoms with Gasteiger partial charge in [-0.25, -0.2) is 13.2 Å². The maximum Gasteiger partial charge on any atom is 0.325 e. The van der Waals surface area contributed by atoms with E-state index in [1.54, 1.807) is 17.9 Å². The second kappa shape index (κ2) is 6.72. The molecule has 1 heterocycles. The first-order valence-corrected chi connectivity index (χ1v) is 7.33. The molecule has 2 rings (SSSR count). The summed E-state index contributed by atoms with van der Waals surface area (Å²) in [5, 5.41) is 12.3. The van der Waals surface area contributed by atoms with E-state index in [4.69, 9.17) is 0 Å². The van der Waals surface area contributed by atoms with Crippen LogP contribution >= 0.6 is 0 Å². The van der Waals surface area contributed by atoms with E-state index in [0.29, 0.717) is 19.5 Å². The Kier molecular flexibility index (Phi) is 5.11. The fourth-order valence-corrected chi connectivity index (χ4v) is 2.72. The lowest BCUT2D eigenvalue weighted by molar-refractivity contribution is -0.141. The summed E-state index contributed by atoms with van der Waals surface area (Å²) in [7, 11) is 0. The Bertz CT molecular complexity index is 600. The number of rotatable bonds is 8. The van der Waals surface area contributed by atoms with Gasteiger partial charge in [-0.15, -0.1) is 6.58 Å². The molecule has 0 aliphatic carbocycles. The second-order valence-corrected chi connectivity index (χ2v) is 5.62. The molecule has 0 amide bonds. The molecule has 2 N–H and O–H groups in total. The smallest absolute Gasteiger partial charge is 0.325 e. The summed E-state index contributed by atoms with van der Waals surface area (Å²) >= 11 is 0. The van der Waals surface area contributed by atoms with Gasteiger partial charge in [0.15, 0.2) is 17.5 Å². The predicted octanol–water partition coefficient (Wildman–Crippen LogP) is 2.47. The van der Waals surface area contributed by atoms with Gasteiger partial charge in [0.25, 0.3) is 0 Å². The monoisotopic (exact) mass is 328 g/mol. The van der Waals surface area contributed by atoms with Gasteiger partial charge in [-0.3, -0.25) is 9.69 Å². The third-order valence-corrected chi connectivity index (χ3v) is 4.26. The minimum Gasteiger partial charge on any atom is -0.480 e. The fourth-order valence-electron chi connectivity index (χ4n) is 2.72. The van der Waals surface area contributed by atoms with Crippen LogP contribution in [-0.2, 0) is 4.79 Å². The third kappa shape index (κ3) is 3.40. The van der Waals surface area contributed by atoms with Crippen LogP contribution in [0.5, 0.6) is 0 Å². The van der Waals surface area contributed by atoms with Crippen LogP contribution in [0.1, 0.15) is 24.9 Å². The molecule has 1 fully saturated rings. The minimum absolute atomic E-state index is 0.227. The van der Waals surface area contributed by atoms with Crippen molar-refractivity contribution in [2.75, 3.05) is 19.6 Å². The molecule has 1 aromatic carbocycles. The van der Waals surface area contributed by atoms with Crippen molar-refractivity contribution in [2.45, 2.75) is 24.9 Å². The molecule has 0 spiro atoms. The quantitative estimate of drug-likeness (QED) is 0.437. The van der Waals surface area contributed by atoms with Crippen molar-refractivity contribution in [3.8, 4) is 0 Å². The first-order valence-electron chi connectivity index (χ1n) is 7.33. The molecule has 0 saturated carbocycles. The Morgan fingerprint density at radius 1 is 1.48 bits per heavy atom. The van der Waals surface area contributed by atoms with Gasteiger partial charge in [0, 0.05) is 25.7 Å². The SMILES string of the molecule is C=CCNC(CN1CC1(CC)C(=O)O)c1cc(F)c(F)c(F)c1. The highest BCUT2D eigenvalue weighted by Crippen LogP contribution is 2.37. The number of carboxylic acid groups (broad SMARTS) is 1. The number of carbonyl (C=O) groups is 1. The van der Waals surface area contributed by atoms with Crippen molar-refractivity contribution in [3.63, 3.8) is 0 Å². The molecule has 0 radical (unpaired) electrons. The topological polar surface area (TPSA) is 52.3 Å². The lowest BCUT2D eigenvalue weighted by atomic mass is 10.0. The Balaban J connectivity index is 2.22. The van der Waals surface area contributed by atoms with Crippen LogP contribution in [0.4, 0.5) is 13.2 Å². The van der Waals surface area contributed by atoms with Gasteiger partial charge >= 0.3 is 5.97 Å². The molecule has 1 saturated heterocycles. The zero-order valence-electron chi connectivity index (χ0n) is 12.8. The van der Waals surface area contributed by atoms with Gasteiger partial charge < -0.3 is 10.4 Å². The van der Waals surface area contributed by atoms with Crippen molar-refractivity contribution in [3.05, 3.63) is 47.8 Å². The van der Waals surface area contributed by atoms with Gasteiger partial charge in [-0.1, -0.05) is 13.0 Å². The molecule has 4 nitrogen and oxygen atoms in total. The summed E-state index contributed by atoms with van der Waals surface area (Å²) in [5.41, 5.74) is -0.698. The standard InChI is InChI=1S/C16H19F3N2O2/c1-3-5-20-13(8-21-9-16(21,4-2)15(22)23)10-6-11(17)14(19)12(18)7-10/h3,6-7,13,20H,1,4-5,8-9H2,2H3,(H,22,23). The molecule has 0 bridgehead atoms. The van der Waals surface area contributed by atoms with Crippen molar-refractivity contribution in [1.82, 2.24) is 10.2 Å². The number of hydrogen-bond acceptors (Lipinski definition) is 3. The number of hydrogen-bond donors (Lipinski definition) is 2. The van der Waals surface area contributed by atoms with Crippen molar-refractivity contribution < 1.29 is 23.1 Å². The van der Waals surface area contributed by atoms with Crippen LogP contribution in [0, 0.1) is 17.5 Å². The highest BCUT2D eigenvalue weighted by Gasteiger charge is 2.57. The number of nitrogens with one attached hydrogen (secondary N) is 1. The van der Waals surface area contributed by atoms with Gasteiger partial charge in [0.2, 0.25) is 0 Å². The first-order chi connectivity index (χ1) is 10.9. The van der Waals surface area contributed by atoms with E-state index in [9.17, 15) is 23.1 Å². The van der Waals surface area contributed by atoms with Crippen LogP contribution in [0.2, 0.25) is 0 Å². The van der Waals surface area contributed by atoms with Crippen molar-refractivity contribution in [2.24, 2.45) is 0 Å². The second-order valence-electron chi connectivity index (χ2n) is 5.62. The summed E-state index contributed by atoms with van der Waals surface area (Å²) in [4.78, 5) is 13.1. The van der Waals surface area contributed by atoms with E-state index in [0.717, 1.165) is 12.1 Å². The Morgan fingerprint density at radius 2 is 2.09 bits per heavy atom. The van der Waals surface area contributed by atoms with Gasteiger partial charge in [-0.2, -0.15) is 0 Å². The third-order valence-electron chi connectivity index (χ3n) is 4.26. The van der Waals surface area contributed by atoms with Crippen LogP contribution in [0.3, 0.4) is 0 Å². The van der Waals surface area contributed by atoms with E-state index in [1.807, 2.05) is 0 Å². The van der Waals surface area contributed by atoms with Crippen LogP contribution in [-0.4, -0.2) is 41.1 Å². The summed E-state index contributed by atoms with van der Waals surface area (Å²) in [6.07, 6.45) is 2.01. The molecule has 3 unspecified atom stereocenters. The van der Waals surface area contributed by atoms with Gasteiger partial charge in [0.05, 0.1) is 0 Å². The highest BCUT2D eigenvalue weighted by atomic mass is 19.2. The summed E-state index contributed by atoms with van der Waals surface area (Å²) < 4.78 is 40.0. The molecule has 3 atom stereocenters. The van der Waals surface area contributed by atoms with E-state index in [2.05, 4.69) is 11.9 Å². The number of nitrogens with zero attached hydrogens (tertiary/aromatic N) is 1. The Hall–Kier alpha value is -1.86. The summed E-state index contributed by atoms with van der Waals surface area (Å²) in [6, 6.07) is 1.32. The maximum atomic E-state index is 13.5. The van der Waals surface area contributed by atoms with Crippen molar-refractivity contribution >= 4 is 5.97 Å². The van der Waals surface area contributed by atoms with Crippen LogP contribution in [0.15, 0.2) is 24.8 Å². The Labute approximate surface area is 132 Å². The lowest BCUT2D eigenvalue weighted by Gasteiger charge is -2.21. The van der Waals surface area contributed by atoms with Gasteiger partial charge in [-0.05, 0) is 24.1 Å².